The molecule has 2 saturated heterocycles. The number of hydrogen-bond acceptors (Lipinski definition) is 8. The van der Waals surface area contributed by atoms with Gasteiger partial charge in [0.2, 0.25) is 5.88 Å². The number of piperidine rings is 1. The summed E-state index contributed by atoms with van der Waals surface area (Å²) < 4.78 is 33.1. The van der Waals surface area contributed by atoms with Crippen LogP contribution >= 0.6 is 0 Å². The minimum Gasteiger partial charge on any atom is -0.476 e. The van der Waals surface area contributed by atoms with Gasteiger partial charge in [-0.05, 0) is 25.2 Å². The third-order valence-electron chi connectivity index (χ3n) is 4.75. The van der Waals surface area contributed by atoms with E-state index in [2.05, 4.69) is 9.97 Å². The molecule has 2 fully saturated rings. The summed E-state index contributed by atoms with van der Waals surface area (Å²) in [5.74, 6) is 1.37. The van der Waals surface area contributed by atoms with Gasteiger partial charge in [0.05, 0.1) is 31.4 Å². The van der Waals surface area contributed by atoms with Crippen LogP contribution in [0.5, 0.6) is 5.88 Å². The largest absolute Gasteiger partial charge is 0.476 e. The van der Waals surface area contributed by atoms with E-state index in [4.69, 9.17) is 14.0 Å². The number of ether oxygens (including phenoxy) is 1. The van der Waals surface area contributed by atoms with E-state index in [1.165, 1.54) is 4.90 Å². The van der Waals surface area contributed by atoms with Gasteiger partial charge in [-0.15, -0.1) is 0 Å². The highest BCUT2D eigenvalue weighted by Gasteiger charge is 2.27. The Labute approximate surface area is 158 Å². The van der Waals surface area contributed by atoms with Gasteiger partial charge in [0.25, 0.3) is 10.1 Å². The van der Waals surface area contributed by atoms with Crippen LogP contribution in [0.3, 0.4) is 0 Å². The molecule has 27 heavy (non-hydrogen) atoms. The van der Waals surface area contributed by atoms with Crippen molar-refractivity contribution in [2.75, 3.05) is 43.9 Å². The van der Waals surface area contributed by atoms with Crippen molar-refractivity contribution in [1.29, 1.82) is 0 Å². The third-order valence-corrected chi connectivity index (χ3v) is 5.37. The number of carboxylic acid groups (broad SMARTS) is 1. The predicted molar refractivity (Wildman–Crippen MR) is 96.4 cm³/mol. The maximum atomic E-state index is 11.2. The molecule has 1 amide bonds. The van der Waals surface area contributed by atoms with E-state index in [1.807, 2.05) is 4.90 Å². The van der Waals surface area contributed by atoms with Gasteiger partial charge in [-0.2, -0.15) is 8.42 Å². The summed E-state index contributed by atoms with van der Waals surface area (Å²) in [7, 11) is -3.46. The number of nitrogens with zero attached hydrogens (tertiary/aromatic N) is 4. The van der Waals surface area contributed by atoms with Crippen molar-refractivity contribution in [2.24, 2.45) is 5.92 Å². The number of rotatable bonds is 6. The highest BCUT2D eigenvalue weighted by molar-refractivity contribution is 7.86. The molecule has 150 valence electrons. The quantitative estimate of drug-likeness (QED) is 0.691. The molecular formula is C16H24N4O6S. The minimum absolute atomic E-state index is 0.301. The van der Waals surface area contributed by atoms with Crippen LogP contribution in [0.25, 0.3) is 0 Å². The molecule has 1 aromatic rings. The minimum atomic E-state index is -3.46. The zero-order chi connectivity index (χ0) is 19.4. The molecule has 3 rings (SSSR count). The van der Waals surface area contributed by atoms with E-state index in [0.717, 1.165) is 19.1 Å². The summed E-state index contributed by atoms with van der Waals surface area (Å²) >= 11 is 0. The zero-order valence-corrected chi connectivity index (χ0v) is 16.0. The van der Waals surface area contributed by atoms with Gasteiger partial charge < -0.3 is 19.6 Å². The molecule has 0 aromatic carbocycles. The van der Waals surface area contributed by atoms with Crippen LogP contribution in [0.1, 0.15) is 19.3 Å². The standard InChI is InChI=1S/C16H24N4O6S/c1-27(23,24)26-13-4-7-20(10-13)14-8-18-15(9-17-14)25-11-12-2-5-19(6-3-12)16(21)22/h8-9,12-13H,2-7,10-11H2,1H3,(H,21,22). The summed E-state index contributed by atoms with van der Waals surface area (Å²) in [6.45, 7) is 2.64. The molecule has 0 radical (unpaired) electrons. The highest BCUT2D eigenvalue weighted by Crippen LogP contribution is 2.22. The lowest BCUT2D eigenvalue weighted by atomic mass is 9.98. The Morgan fingerprint density at radius 2 is 1.96 bits per heavy atom. The van der Waals surface area contributed by atoms with Crippen LogP contribution in [-0.4, -0.2) is 79.6 Å². The molecular weight excluding hydrogens is 376 g/mol. The van der Waals surface area contributed by atoms with Crippen LogP contribution in [0.4, 0.5) is 10.6 Å². The van der Waals surface area contributed by atoms with E-state index in [1.54, 1.807) is 12.4 Å². The molecule has 0 saturated carbocycles. The summed E-state index contributed by atoms with van der Waals surface area (Å²) in [6.07, 6.45) is 5.12. The highest BCUT2D eigenvalue weighted by atomic mass is 32.2. The maximum absolute atomic E-state index is 11.2. The lowest BCUT2D eigenvalue weighted by molar-refractivity contribution is 0.111. The van der Waals surface area contributed by atoms with Crippen LogP contribution in [-0.2, 0) is 14.3 Å². The topological polar surface area (TPSA) is 122 Å². The van der Waals surface area contributed by atoms with Crippen molar-refractivity contribution in [3.8, 4) is 5.88 Å². The molecule has 1 N–H and O–H groups in total. The van der Waals surface area contributed by atoms with Crippen molar-refractivity contribution < 1.29 is 27.2 Å². The Morgan fingerprint density at radius 3 is 2.56 bits per heavy atom. The van der Waals surface area contributed by atoms with E-state index in [9.17, 15) is 13.2 Å². The fourth-order valence-electron chi connectivity index (χ4n) is 3.30. The second-order valence-corrected chi connectivity index (χ2v) is 8.49. The van der Waals surface area contributed by atoms with E-state index >= 15 is 0 Å². The zero-order valence-electron chi connectivity index (χ0n) is 15.2. The van der Waals surface area contributed by atoms with Gasteiger partial charge in [0.15, 0.2) is 0 Å². The molecule has 11 heteroatoms. The average Bonchev–Trinajstić information content (AvgIpc) is 3.07. The van der Waals surface area contributed by atoms with Gasteiger partial charge in [-0.3, -0.25) is 4.18 Å². The first-order chi connectivity index (χ1) is 12.8. The number of aromatic nitrogens is 2. The number of carbonyl (C=O) groups is 1. The van der Waals surface area contributed by atoms with E-state index < -0.39 is 16.2 Å². The van der Waals surface area contributed by atoms with E-state index in [-0.39, 0.29) is 6.10 Å². The molecule has 1 atom stereocenters. The molecule has 2 aliphatic heterocycles. The second kappa shape index (κ2) is 8.26. The fourth-order valence-corrected chi connectivity index (χ4v) is 3.95. The van der Waals surface area contributed by atoms with Gasteiger partial charge in [0.1, 0.15) is 5.82 Å². The van der Waals surface area contributed by atoms with Crippen molar-refractivity contribution in [3.05, 3.63) is 12.4 Å². The molecule has 0 spiro atoms. The number of likely N-dealkylation sites (tertiary alicyclic amines) is 1. The Balaban J connectivity index is 1.45. The third kappa shape index (κ3) is 5.67. The Hall–Kier alpha value is -2.14. The molecule has 3 heterocycles. The van der Waals surface area contributed by atoms with Gasteiger partial charge in [-0.1, -0.05) is 0 Å². The Morgan fingerprint density at radius 1 is 1.22 bits per heavy atom. The summed E-state index contributed by atoms with van der Waals surface area (Å²) in [5, 5.41) is 8.95. The number of anilines is 1. The Bertz CT molecular complexity index is 749. The van der Waals surface area contributed by atoms with E-state index in [0.29, 0.717) is 56.8 Å². The lowest BCUT2D eigenvalue weighted by Gasteiger charge is -2.29. The van der Waals surface area contributed by atoms with Crippen molar-refractivity contribution in [2.45, 2.75) is 25.4 Å². The summed E-state index contributed by atoms with van der Waals surface area (Å²) in [6, 6.07) is 0. The van der Waals surface area contributed by atoms with Crippen LogP contribution < -0.4 is 9.64 Å². The SMILES string of the molecule is CS(=O)(=O)OC1CCN(c2cnc(OCC3CCN(C(=O)O)CC3)cn2)C1. The smallest absolute Gasteiger partial charge is 0.407 e. The molecule has 2 aliphatic rings. The first-order valence-corrected chi connectivity index (χ1v) is 10.7. The van der Waals surface area contributed by atoms with Gasteiger partial charge in [-0.25, -0.2) is 14.8 Å². The number of hydrogen-bond donors (Lipinski definition) is 1. The number of amides is 1. The molecule has 1 unspecified atom stereocenters. The average molecular weight is 400 g/mol. The second-order valence-electron chi connectivity index (χ2n) is 6.89. The van der Waals surface area contributed by atoms with Crippen LogP contribution in [0, 0.1) is 5.92 Å². The monoisotopic (exact) mass is 400 g/mol. The van der Waals surface area contributed by atoms with Crippen LogP contribution in [0.15, 0.2) is 12.4 Å². The lowest BCUT2D eigenvalue weighted by Crippen LogP contribution is -2.38. The van der Waals surface area contributed by atoms with Crippen molar-refractivity contribution in [1.82, 2.24) is 14.9 Å². The van der Waals surface area contributed by atoms with Crippen molar-refractivity contribution >= 4 is 22.0 Å². The molecule has 1 aromatic heterocycles. The molecule has 10 nitrogen and oxygen atoms in total. The van der Waals surface area contributed by atoms with Gasteiger partial charge in [0, 0.05) is 26.2 Å². The first kappa shape index (κ1) is 19.6. The fraction of sp³-hybridized carbons (Fsp3) is 0.688. The summed E-state index contributed by atoms with van der Waals surface area (Å²) in [4.78, 5) is 22.8. The van der Waals surface area contributed by atoms with Crippen LogP contribution in [0.2, 0.25) is 0 Å². The first-order valence-electron chi connectivity index (χ1n) is 8.86. The summed E-state index contributed by atoms with van der Waals surface area (Å²) in [5.41, 5.74) is 0. The molecule has 0 aliphatic carbocycles. The maximum Gasteiger partial charge on any atom is 0.407 e. The predicted octanol–water partition coefficient (Wildman–Crippen LogP) is 0.800. The van der Waals surface area contributed by atoms with Gasteiger partial charge >= 0.3 is 6.09 Å². The Kier molecular flexibility index (Phi) is 6.00. The van der Waals surface area contributed by atoms with Crippen molar-refractivity contribution in [3.63, 3.8) is 0 Å². The normalized spacial score (nSPS) is 21.4. The molecule has 0 bridgehead atoms.